The van der Waals surface area contributed by atoms with E-state index in [-0.39, 0.29) is 41.9 Å². The number of hydrogen-bond acceptors (Lipinski definition) is 8. The molecule has 0 spiro atoms. The molecule has 0 heterocycles. The smallest absolute Gasteiger partial charge is 0.200 e. The molecule has 0 amide bonds. The van der Waals surface area contributed by atoms with Crippen molar-refractivity contribution in [2.45, 2.75) is 19.3 Å². The molecular weight excluding hydrogens is 452 g/mol. The van der Waals surface area contributed by atoms with E-state index in [0.29, 0.717) is 11.1 Å². The summed E-state index contributed by atoms with van der Waals surface area (Å²) in [5.74, 6) is -3.43. The standard InChI is InChI=1S/C27H24O8/c28-20-5-1-14(2-6-20)9-16-11-18(24(32)26(34)22(16)30)13-19-12-17(23(31)27(35)25(19)33)10-15-3-7-21(29)8-4-15/h1-8,11-12,28-35H,9-10,13H2. The van der Waals surface area contributed by atoms with Gasteiger partial charge in [-0.3, -0.25) is 0 Å². The average Bonchev–Trinajstić information content (AvgIpc) is 2.84. The van der Waals surface area contributed by atoms with Gasteiger partial charge in [-0.1, -0.05) is 24.3 Å². The van der Waals surface area contributed by atoms with E-state index in [2.05, 4.69) is 0 Å². The Morgan fingerprint density at radius 3 is 0.943 bits per heavy atom. The summed E-state index contributed by atoms with van der Waals surface area (Å²) in [4.78, 5) is 0. The van der Waals surface area contributed by atoms with Crippen molar-refractivity contribution >= 4 is 0 Å². The maximum atomic E-state index is 10.5. The zero-order valence-corrected chi connectivity index (χ0v) is 18.5. The van der Waals surface area contributed by atoms with E-state index in [1.165, 1.54) is 36.4 Å². The van der Waals surface area contributed by atoms with E-state index in [0.717, 1.165) is 11.1 Å². The van der Waals surface area contributed by atoms with Crippen molar-refractivity contribution in [3.8, 4) is 46.0 Å². The van der Waals surface area contributed by atoms with Crippen LogP contribution in [0.1, 0.15) is 33.4 Å². The number of aromatic hydroxyl groups is 8. The van der Waals surface area contributed by atoms with Gasteiger partial charge in [0.1, 0.15) is 11.5 Å². The molecule has 8 nitrogen and oxygen atoms in total. The molecular formula is C27H24O8. The van der Waals surface area contributed by atoms with Gasteiger partial charge in [-0.2, -0.15) is 0 Å². The van der Waals surface area contributed by atoms with Gasteiger partial charge < -0.3 is 40.9 Å². The third-order valence-corrected chi connectivity index (χ3v) is 5.85. The third kappa shape index (κ3) is 4.81. The molecule has 0 bridgehead atoms. The fourth-order valence-corrected chi connectivity index (χ4v) is 3.94. The summed E-state index contributed by atoms with van der Waals surface area (Å²) in [5, 5.41) is 81.1. The summed E-state index contributed by atoms with van der Waals surface area (Å²) >= 11 is 0. The average molecular weight is 476 g/mol. The van der Waals surface area contributed by atoms with E-state index in [9.17, 15) is 40.9 Å². The summed E-state index contributed by atoms with van der Waals surface area (Å²) in [6.45, 7) is 0. The van der Waals surface area contributed by atoms with Gasteiger partial charge in [-0.05, 0) is 47.5 Å². The van der Waals surface area contributed by atoms with Crippen LogP contribution in [-0.2, 0) is 19.3 Å². The van der Waals surface area contributed by atoms with E-state index < -0.39 is 34.5 Å². The highest BCUT2D eigenvalue weighted by atomic mass is 16.3. The Hall–Kier alpha value is -4.72. The Balaban J connectivity index is 1.70. The van der Waals surface area contributed by atoms with Gasteiger partial charge in [-0.15, -0.1) is 0 Å². The molecule has 0 saturated carbocycles. The Morgan fingerprint density at radius 1 is 0.343 bits per heavy atom. The first-order chi connectivity index (χ1) is 16.6. The SMILES string of the molecule is Oc1ccc(Cc2cc(Cc3cc(Cc4ccc(O)cc4)c(O)c(O)c3O)c(O)c(O)c2O)cc1. The van der Waals surface area contributed by atoms with Gasteiger partial charge in [0, 0.05) is 41.5 Å². The molecule has 0 radical (unpaired) electrons. The van der Waals surface area contributed by atoms with Gasteiger partial charge in [-0.25, -0.2) is 0 Å². The topological polar surface area (TPSA) is 162 Å². The normalized spacial score (nSPS) is 11.0. The molecule has 4 aromatic carbocycles. The minimum atomic E-state index is -0.719. The summed E-state index contributed by atoms with van der Waals surface area (Å²) in [6, 6.07) is 15.5. The minimum absolute atomic E-state index is 0.0814. The highest BCUT2D eigenvalue weighted by Gasteiger charge is 2.21. The molecule has 0 aliphatic heterocycles. The van der Waals surface area contributed by atoms with Crippen LogP contribution in [0.5, 0.6) is 46.0 Å². The molecule has 0 unspecified atom stereocenters. The monoisotopic (exact) mass is 476 g/mol. The molecule has 4 aromatic rings. The summed E-state index contributed by atoms with van der Waals surface area (Å²) in [6.07, 6.45) is 0.238. The van der Waals surface area contributed by atoms with E-state index in [4.69, 9.17) is 0 Å². The molecule has 0 atom stereocenters. The van der Waals surface area contributed by atoms with Crippen LogP contribution in [0.4, 0.5) is 0 Å². The predicted octanol–water partition coefficient (Wildman–Crippen LogP) is 4.10. The molecule has 0 aliphatic carbocycles. The largest absolute Gasteiger partial charge is 0.508 e. The second-order valence-electron chi connectivity index (χ2n) is 8.34. The lowest BCUT2D eigenvalue weighted by molar-refractivity contribution is 0.360. The van der Waals surface area contributed by atoms with Crippen LogP contribution < -0.4 is 0 Å². The highest BCUT2D eigenvalue weighted by Crippen LogP contribution is 2.45. The Bertz CT molecular complexity index is 1270. The number of hydrogen-bond donors (Lipinski definition) is 8. The van der Waals surface area contributed by atoms with Crippen molar-refractivity contribution in [2.75, 3.05) is 0 Å². The first-order valence-corrected chi connectivity index (χ1v) is 10.7. The van der Waals surface area contributed by atoms with Crippen molar-refractivity contribution in [2.24, 2.45) is 0 Å². The quantitative estimate of drug-likeness (QED) is 0.193. The van der Waals surface area contributed by atoms with Crippen LogP contribution in [0.15, 0.2) is 60.7 Å². The second-order valence-corrected chi connectivity index (χ2v) is 8.34. The Morgan fingerprint density at radius 2 is 0.629 bits per heavy atom. The molecule has 0 aliphatic rings. The Kier molecular flexibility index (Phi) is 6.20. The lowest BCUT2D eigenvalue weighted by Gasteiger charge is -2.16. The van der Waals surface area contributed by atoms with Gasteiger partial charge in [0.15, 0.2) is 23.0 Å². The van der Waals surface area contributed by atoms with Crippen LogP contribution in [-0.4, -0.2) is 40.9 Å². The number of rotatable bonds is 6. The molecule has 180 valence electrons. The van der Waals surface area contributed by atoms with Crippen LogP contribution in [0.3, 0.4) is 0 Å². The predicted molar refractivity (Wildman–Crippen MR) is 128 cm³/mol. The molecule has 8 N–H and O–H groups in total. The van der Waals surface area contributed by atoms with Gasteiger partial charge >= 0.3 is 0 Å². The number of phenolic OH excluding ortho intramolecular Hbond substituents is 8. The van der Waals surface area contributed by atoms with Gasteiger partial charge in [0.25, 0.3) is 0 Å². The van der Waals surface area contributed by atoms with Crippen molar-refractivity contribution in [3.05, 3.63) is 94.0 Å². The third-order valence-electron chi connectivity index (χ3n) is 5.85. The summed E-state index contributed by atoms with van der Waals surface area (Å²) in [5.41, 5.74) is 2.40. The van der Waals surface area contributed by atoms with Crippen LogP contribution >= 0.6 is 0 Å². The molecule has 35 heavy (non-hydrogen) atoms. The van der Waals surface area contributed by atoms with Gasteiger partial charge in [0.2, 0.25) is 11.5 Å². The fraction of sp³-hybridized carbons (Fsp3) is 0.111. The number of phenols is 8. The zero-order valence-electron chi connectivity index (χ0n) is 18.5. The molecule has 0 aromatic heterocycles. The van der Waals surface area contributed by atoms with Gasteiger partial charge in [0.05, 0.1) is 0 Å². The highest BCUT2D eigenvalue weighted by molar-refractivity contribution is 5.63. The summed E-state index contributed by atoms with van der Waals surface area (Å²) < 4.78 is 0. The van der Waals surface area contributed by atoms with E-state index in [1.54, 1.807) is 24.3 Å². The molecule has 4 rings (SSSR count). The van der Waals surface area contributed by atoms with E-state index in [1.807, 2.05) is 0 Å². The van der Waals surface area contributed by atoms with Crippen molar-refractivity contribution in [1.82, 2.24) is 0 Å². The fourth-order valence-electron chi connectivity index (χ4n) is 3.94. The van der Waals surface area contributed by atoms with Crippen molar-refractivity contribution < 1.29 is 40.9 Å². The maximum absolute atomic E-state index is 10.5. The maximum Gasteiger partial charge on any atom is 0.200 e. The lowest BCUT2D eigenvalue weighted by Crippen LogP contribution is -1.98. The first kappa shape index (κ1) is 23.4. The van der Waals surface area contributed by atoms with Crippen LogP contribution in [0, 0.1) is 0 Å². The minimum Gasteiger partial charge on any atom is -0.508 e. The summed E-state index contributed by atoms with van der Waals surface area (Å²) in [7, 11) is 0. The molecule has 8 heteroatoms. The zero-order chi connectivity index (χ0) is 25.3. The number of benzene rings is 4. The van der Waals surface area contributed by atoms with Crippen molar-refractivity contribution in [3.63, 3.8) is 0 Å². The molecule has 0 fully saturated rings. The van der Waals surface area contributed by atoms with Crippen LogP contribution in [0.25, 0.3) is 0 Å². The van der Waals surface area contributed by atoms with Crippen LogP contribution in [0.2, 0.25) is 0 Å². The first-order valence-electron chi connectivity index (χ1n) is 10.7. The van der Waals surface area contributed by atoms with Crippen molar-refractivity contribution in [1.29, 1.82) is 0 Å². The Labute approximate surface area is 200 Å². The van der Waals surface area contributed by atoms with E-state index >= 15 is 0 Å². The lowest BCUT2D eigenvalue weighted by atomic mass is 9.94. The molecule has 0 saturated heterocycles. The second kappa shape index (κ2) is 9.26.